The molecule has 0 saturated carbocycles. The van der Waals surface area contributed by atoms with Crippen LogP contribution in [0.25, 0.3) is 0 Å². The van der Waals surface area contributed by atoms with Gasteiger partial charge in [0.05, 0.1) is 17.9 Å². The van der Waals surface area contributed by atoms with E-state index in [0.717, 1.165) is 37.7 Å². The Morgan fingerprint density at radius 3 is 2.76 bits per heavy atom. The number of allylic oxidation sites excluding steroid dienone is 1. The number of amides is 1. The number of fused-ring (bicyclic) bond motifs is 1. The largest absolute Gasteiger partial charge is 0.486 e. The van der Waals surface area contributed by atoms with Gasteiger partial charge in [-0.05, 0) is 62.4 Å². The summed E-state index contributed by atoms with van der Waals surface area (Å²) in [6.45, 7) is 6.57. The van der Waals surface area contributed by atoms with Crippen LogP contribution in [-0.2, 0) is 35.5 Å². The number of benzene rings is 1. The van der Waals surface area contributed by atoms with Crippen LogP contribution >= 0.6 is 34.7 Å². The van der Waals surface area contributed by atoms with Gasteiger partial charge in [0.15, 0.2) is 11.0 Å². The van der Waals surface area contributed by atoms with E-state index in [2.05, 4.69) is 22.1 Å². The third kappa shape index (κ3) is 6.94. The average molecular weight is 561 g/mol. The minimum atomic E-state index is -0.374. The third-order valence-electron chi connectivity index (χ3n) is 5.77. The molecule has 1 aromatic carbocycles. The van der Waals surface area contributed by atoms with Crippen molar-refractivity contribution in [3.63, 3.8) is 0 Å². The molecule has 0 spiro atoms. The molecule has 0 radical (unpaired) electrons. The molecular weight excluding hydrogens is 532 g/mol. The number of thiophene rings is 1. The van der Waals surface area contributed by atoms with Crippen molar-refractivity contribution in [1.82, 2.24) is 14.8 Å². The van der Waals surface area contributed by atoms with Gasteiger partial charge in [-0.3, -0.25) is 9.36 Å². The lowest BCUT2D eigenvalue weighted by Crippen LogP contribution is -2.17. The van der Waals surface area contributed by atoms with Gasteiger partial charge in [-0.2, -0.15) is 0 Å². The molecule has 1 N–H and O–H groups in total. The topological polar surface area (TPSA) is 95.3 Å². The number of carbonyl (C=O) groups excluding carboxylic acids is 2. The van der Waals surface area contributed by atoms with E-state index in [9.17, 15) is 9.59 Å². The number of thioether (sulfide) groups is 1. The van der Waals surface area contributed by atoms with Crippen molar-refractivity contribution in [2.75, 3.05) is 17.7 Å². The molecular formula is C26H29ClN4O4S2. The number of nitrogens with one attached hydrogen (secondary N) is 1. The first-order valence-electron chi connectivity index (χ1n) is 12.2. The van der Waals surface area contributed by atoms with Crippen LogP contribution in [0.15, 0.2) is 42.1 Å². The second-order valence-corrected chi connectivity index (χ2v) is 10.9. The van der Waals surface area contributed by atoms with Gasteiger partial charge in [0.1, 0.15) is 17.4 Å². The number of hydrogen-bond acceptors (Lipinski definition) is 8. The number of nitrogens with zero attached hydrogens (tertiary/aromatic N) is 3. The Balaban J connectivity index is 1.43. The predicted octanol–water partition coefficient (Wildman–Crippen LogP) is 5.93. The second-order valence-electron chi connectivity index (χ2n) is 8.37. The molecule has 4 rings (SSSR count). The third-order valence-corrected chi connectivity index (χ3v) is 8.20. The molecule has 37 heavy (non-hydrogen) atoms. The first-order valence-corrected chi connectivity index (χ1v) is 14.3. The number of esters is 1. The molecule has 2 heterocycles. The van der Waals surface area contributed by atoms with Gasteiger partial charge in [-0.25, -0.2) is 4.79 Å². The molecule has 196 valence electrons. The predicted molar refractivity (Wildman–Crippen MR) is 147 cm³/mol. The van der Waals surface area contributed by atoms with Crippen molar-refractivity contribution in [1.29, 1.82) is 0 Å². The number of halogens is 1. The summed E-state index contributed by atoms with van der Waals surface area (Å²) < 4.78 is 13.0. The zero-order valence-corrected chi connectivity index (χ0v) is 23.0. The van der Waals surface area contributed by atoms with E-state index in [-0.39, 0.29) is 30.8 Å². The van der Waals surface area contributed by atoms with Crippen molar-refractivity contribution < 1.29 is 19.1 Å². The summed E-state index contributed by atoms with van der Waals surface area (Å²) in [6.07, 6.45) is 6.74. The molecule has 2 aromatic heterocycles. The summed E-state index contributed by atoms with van der Waals surface area (Å²) in [5, 5.41) is 13.2. The van der Waals surface area contributed by atoms with Gasteiger partial charge in [0.2, 0.25) is 5.91 Å². The molecule has 1 amide bonds. The van der Waals surface area contributed by atoms with E-state index < -0.39 is 0 Å². The second kappa shape index (κ2) is 13.1. The van der Waals surface area contributed by atoms with Crippen molar-refractivity contribution in [3.05, 3.63) is 63.8 Å². The molecule has 0 saturated heterocycles. The summed E-state index contributed by atoms with van der Waals surface area (Å²) in [7, 11) is 0. The van der Waals surface area contributed by atoms with E-state index >= 15 is 0 Å². The van der Waals surface area contributed by atoms with Crippen LogP contribution in [-0.4, -0.2) is 39.0 Å². The number of aryl methyl sites for hydroxylation is 1. The number of anilines is 1. The quantitative estimate of drug-likeness (QED) is 0.134. The van der Waals surface area contributed by atoms with Gasteiger partial charge in [-0.1, -0.05) is 35.9 Å². The number of carbonyl (C=O) groups is 2. The Kier molecular flexibility index (Phi) is 9.65. The summed E-state index contributed by atoms with van der Waals surface area (Å²) in [6, 6.07) is 7.07. The highest BCUT2D eigenvalue weighted by Gasteiger charge is 2.26. The standard InChI is InChI=1S/C26H29ClN4O4S2/c1-3-14-31-21(15-35-18-12-10-17(27)11-13-18)29-30-26(31)36-16-22(32)28-24-23(25(33)34-4-2)19-8-6-5-7-9-20(19)37-24/h3,10-13H,1,4-9,14-16H2,2H3,(H,28,32). The first-order chi connectivity index (χ1) is 18.0. The fraction of sp³-hybridized carbons (Fsp3) is 0.385. The molecule has 0 unspecified atom stereocenters. The summed E-state index contributed by atoms with van der Waals surface area (Å²) >= 11 is 8.68. The van der Waals surface area contributed by atoms with E-state index in [1.807, 2.05) is 4.57 Å². The average Bonchev–Trinajstić information content (AvgIpc) is 3.34. The van der Waals surface area contributed by atoms with Gasteiger partial charge in [0, 0.05) is 16.4 Å². The van der Waals surface area contributed by atoms with Crippen LogP contribution in [0.4, 0.5) is 5.00 Å². The summed E-state index contributed by atoms with van der Waals surface area (Å²) in [4.78, 5) is 26.8. The van der Waals surface area contributed by atoms with Gasteiger partial charge in [0.25, 0.3) is 0 Å². The highest BCUT2D eigenvalue weighted by Crippen LogP contribution is 2.38. The lowest BCUT2D eigenvalue weighted by atomic mass is 10.1. The number of rotatable bonds is 11. The highest BCUT2D eigenvalue weighted by atomic mass is 35.5. The maximum atomic E-state index is 12.9. The molecule has 1 aliphatic carbocycles. The SMILES string of the molecule is C=CCn1c(COc2ccc(Cl)cc2)nnc1SCC(=O)Nc1sc2c(c1C(=O)OCC)CCCCC2. The Morgan fingerprint density at radius 2 is 2.00 bits per heavy atom. The van der Waals surface area contributed by atoms with Gasteiger partial charge < -0.3 is 14.8 Å². The molecule has 0 bridgehead atoms. The van der Waals surface area contributed by atoms with Crippen LogP contribution in [0, 0.1) is 0 Å². The number of aromatic nitrogens is 3. The van der Waals surface area contributed by atoms with Crippen LogP contribution in [0.3, 0.4) is 0 Å². The molecule has 8 nitrogen and oxygen atoms in total. The van der Waals surface area contributed by atoms with Crippen LogP contribution < -0.4 is 10.1 Å². The normalized spacial score (nSPS) is 12.9. The zero-order chi connectivity index (χ0) is 26.2. The summed E-state index contributed by atoms with van der Waals surface area (Å²) in [5.74, 6) is 0.792. The zero-order valence-electron chi connectivity index (χ0n) is 20.6. The Bertz CT molecular complexity index is 1260. The Morgan fingerprint density at radius 1 is 1.22 bits per heavy atom. The number of hydrogen-bond donors (Lipinski definition) is 1. The fourth-order valence-electron chi connectivity index (χ4n) is 4.07. The monoisotopic (exact) mass is 560 g/mol. The number of ether oxygens (including phenoxy) is 2. The minimum absolute atomic E-state index is 0.109. The van der Waals surface area contributed by atoms with E-state index in [1.54, 1.807) is 37.3 Å². The van der Waals surface area contributed by atoms with Crippen LogP contribution in [0.1, 0.15) is 52.8 Å². The lowest BCUT2D eigenvalue weighted by molar-refractivity contribution is -0.113. The van der Waals surface area contributed by atoms with Crippen molar-refractivity contribution in [2.45, 2.75) is 57.3 Å². The van der Waals surface area contributed by atoms with Crippen LogP contribution in [0.5, 0.6) is 5.75 Å². The van der Waals surface area contributed by atoms with Crippen molar-refractivity contribution in [3.8, 4) is 5.75 Å². The lowest BCUT2D eigenvalue weighted by Gasteiger charge is -2.10. The smallest absolute Gasteiger partial charge is 0.341 e. The molecule has 0 atom stereocenters. The molecule has 11 heteroatoms. The van der Waals surface area contributed by atoms with Gasteiger partial charge >= 0.3 is 5.97 Å². The minimum Gasteiger partial charge on any atom is -0.486 e. The molecule has 0 aliphatic heterocycles. The Labute approximate surface area is 229 Å². The van der Waals surface area contributed by atoms with E-state index in [4.69, 9.17) is 21.1 Å². The first kappa shape index (κ1) is 27.2. The highest BCUT2D eigenvalue weighted by molar-refractivity contribution is 7.99. The maximum Gasteiger partial charge on any atom is 0.341 e. The van der Waals surface area contributed by atoms with Gasteiger partial charge in [-0.15, -0.1) is 28.1 Å². The van der Waals surface area contributed by atoms with Crippen LogP contribution in [0.2, 0.25) is 5.02 Å². The summed E-state index contributed by atoms with van der Waals surface area (Å²) in [5.41, 5.74) is 1.54. The van der Waals surface area contributed by atoms with E-state index in [0.29, 0.717) is 38.9 Å². The molecule has 1 aliphatic rings. The molecule has 3 aromatic rings. The maximum absolute atomic E-state index is 12.9. The van der Waals surface area contributed by atoms with Crippen molar-refractivity contribution in [2.24, 2.45) is 0 Å². The molecule has 0 fully saturated rings. The van der Waals surface area contributed by atoms with E-state index in [1.165, 1.54) is 28.0 Å². The fourth-order valence-corrected chi connectivity index (χ4v) is 6.25. The Hall–Kier alpha value is -2.82. The van der Waals surface area contributed by atoms with Crippen molar-refractivity contribution >= 4 is 51.6 Å².